The van der Waals surface area contributed by atoms with Crippen molar-refractivity contribution in [3.05, 3.63) is 40.9 Å². The molecule has 2 aliphatic rings. The van der Waals surface area contributed by atoms with E-state index in [0.717, 1.165) is 49.3 Å². The van der Waals surface area contributed by atoms with E-state index in [1.54, 1.807) is 11.4 Å². The van der Waals surface area contributed by atoms with E-state index in [1.165, 1.54) is 11.6 Å². The molecule has 2 atom stereocenters. The molecule has 6 N–H and O–H groups in total. The average molecular weight is 583 g/mol. The number of carbonyl (C=O) groups excluding carboxylic acids is 1. The maximum absolute atomic E-state index is 12.2. The molecular formula is C22H29F3N4O7S2. The molecule has 1 saturated heterocycles. The Balaban J connectivity index is 0.000000638. The fraction of sp³-hybridized carbons (Fsp3) is 0.500. The third-order valence-electron chi connectivity index (χ3n) is 5.39. The van der Waals surface area contributed by atoms with Gasteiger partial charge in [-0.25, -0.2) is 13.2 Å². The third-order valence-corrected chi connectivity index (χ3v) is 8.26. The van der Waals surface area contributed by atoms with Gasteiger partial charge in [-0.3, -0.25) is 14.9 Å². The first kappa shape index (κ1) is 31.3. The Bertz CT molecular complexity index is 1140. The van der Waals surface area contributed by atoms with Gasteiger partial charge in [0, 0.05) is 18.7 Å². The van der Waals surface area contributed by atoms with Gasteiger partial charge in [0.2, 0.25) is 5.91 Å². The number of dihydropyridines is 1. The highest BCUT2D eigenvalue weighted by Crippen LogP contribution is 2.21. The number of carboxylic acids is 2. The molecule has 0 spiro atoms. The number of amides is 1. The van der Waals surface area contributed by atoms with Crippen LogP contribution >= 0.6 is 11.3 Å². The number of fused-ring (bicyclic) bond motifs is 1. The van der Waals surface area contributed by atoms with Gasteiger partial charge in [-0.2, -0.15) is 17.9 Å². The fourth-order valence-corrected chi connectivity index (χ4v) is 5.68. The van der Waals surface area contributed by atoms with Crippen molar-refractivity contribution in [3.63, 3.8) is 0 Å². The molecule has 1 fully saturated rings. The SMILES string of the molecule is O=C(CCCCC1=CC=C2CCCNC2N1)NC[C@H](NS(=O)(=O)c1cccs1)C(=O)O.O=C(O)C(F)(F)F. The second-order valence-electron chi connectivity index (χ2n) is 8.33. The lowest BCUT2D eigenvalue weighted by atomic mass is 9.98. The van der Waals surface area contributed by atoms with E-state index < -0.39 is 34.2 Å². The number of allylic oxidation sites excluding steroid dienone is 3. The highest BCUT2D eigenvalue weighted by molar-refractivity contribution is 7.91. The second kappa shape index (κ2) is 14.3. The van der Waals surface area contributed by atoms with Gasteiger partial charge in [0.25, 0.3) is 10.0 Å². The number of rotatable bonds is 11. The third kappa shape index (κ3) is 10.4. The van der Waals surface area contributed by atoms with E-state index >= 15 is 0 Å². The van der Waals surface area contributed by atoms with Crippen LogP contribution in [0.4, 0.5) is 13.2 Å². The molecule has 16 heteroatoms. The minimum Gasteiger partial charge on any atom is -0.480 e. The lowest BCUT2D eigenvalue weighted by Crippen LogP contribution is -2.48. The lowest BCUT2D eigenvalue weighted by molar-refractivity contribution is -0.192. The van der Waals surface area contributed by atoms with Gasteiger partial charge in [-0.1, -0.05) is 12.1 Å². The number of sulfonamides is 1. The van der Waals surface area contributed by atoms with E-state index in [9.17, 15) is 36.3 Å². The van der Waals surface area contributed by atoms with Crippen LogP contribution in [0.2, 0.25) is 0 Å². The predicted molar refractivity (Wildman–Crippen MR) is 132 cm³/mol. The van der Waals surface area contributed by atoms with Crippen molar-refractivity contribution in [3.8, 4) is 0 Å². The van der Waals surface area contributed by atoms with Crippen molar-refractivity contribution in [2.75, 3.05) is 13.1 Å². The number of halogens is 3. The number of thiophene rings is 1. The van der Waals surface area contributed by atoms with Crippen LogP contribution in [0.5, 0.6) is 0 Å². The maximum Gasteiger partial charge on any atom is 0.490 e. The second-order valence-corrected chi connectivity index (χ2v) is 11.2. The van der Waals surface area contributed by atoms with E-state index in [2.05, 4.69) is 32.8 Å². The molecule has 0 radical (unpaired) electrons. The molecule has 0 bridgehead atoms. The van der Waals surface area contributed by atoms with Crippen LogP contribution in [0.3, 0.4) is 0 Å². The summed E-state index contributed by atoms with van der Waals surface area (Å²) >= 11 is 0.991. The fourth-order valence-electron chi connectivity index (χ4n) is 3.48. The Hall–Kier alpha value is -2.95. The summed E-state index contributed by atoms with van der Waals surface area (Å²) in [4.78, 5) is 32.4. The zero-order valence-electron chi connectivity index (χ0n) is 20.1. The number of aliphatic carboxylic acids is 2. The molecule has 3 heterocycles. The molecule has 38 heavy (non-hydrogen) atoms. The first-order valence-corrected chi connectivity index (χ1v) is 13.9. The molecule has 11 nitrogen and oxygen atoms in total. The molecule has 1 amide bonds. The largest absolute Gasteiger partial charge is 0.490 e. The number of nitrogens with one attached hydrogen (secondary N) is 4. The molecule has 1 unspecified atom stereocenters. The van der Waals surface area contributed by atoms with Crippen molar-refractivity contribution in [1.82, 2.24) is 20.7 Å². The molecule has 2 aliphatic heterocycles. The van der Waals surface area contributed by atoms with Gasteiger partial charge in [0.15, 0.2) is 0 Å². The number of piperidine rings is 1. The summed E-state index contributed by atoms with van der Waals surface area (Å²) in [5.74, 6) is -4.41. The van der Waals surface area contributed by atoms with Crippen LogP contribution in [0.25, 0.3) is 0 Å². The normalized spacial score (nSPS) is 17.9. The summed E-state index contributed by atoms with van der Waals surface area (Å²) in [6.07, 6.45) is 4.19. The van der Waals surface area contributed by atoms with E-state index in [-0.39, 0.29) is 29.2 Å². The van der Waals surface area contributed by atoms with Gasteiger partial charge < -0.3 is 20.8 Å². The first-order valence-electron chi connectivity index (χ1n) is 11.5. The molecule has 1 aromatic rings. The first-order chi connectivity index (χ1) is 17.8. The van der Waals surface area contributed by atoms with Crippen LogP contribution in [0, 0.1) is 0 Å². The average Bonchev–Trinajstić information content (AvgIpc) is 3.40. The highest BCUT2D eigenvalue weighted by Gasteiger charge is 2.38. The van der Waals surface area contributed by atoms with Crippen molar-refractivity contribution in [1.29, 1.82) is 0 Å². The van der Waals surface area contributed by atoms with Gasteiger partial charge in [-0.05, 0) is 61.7 Å². The van der Waals surface area contributed by atoms with Gasteiger partial charge in [-0.15, -0.1) is 11.3 Å². The Morgan fingerprint density at radius 2 is 1.89 bits per heavy atom. The van der Waals surface area contributed by atoms with Crippen LogP contribution in [0.1, 0.15) is 38.5 Å². The number of hydrogen-bond donors (Lipinski definition) is 6. The summed E-state index contributed by atoms with van der Waals surface area (Å²) in [6, 6.07) is 1.52. The molecular weight excluding hydrogens is 553 g/mol. The summed E-state index contributed by atoms with van der Waals surface area (Å²) in [6.45, 7) is 0.690. The monoisotopic (exact) mass is 582 g/mol. The smallest absolute Gasteiger partial charge is 0.480 e. The predicted octanol–water partition coefficient (Wildman–Crippen LogP) is 1.91. The van der Waals surface area contributed by atoms with Crippen LogP contribution in [-0.4, -0.2) is 68.0 Å². The Morgan fingerprint density at radius 3 is 2.50 bits per heavy atom. The van der Waals surface area contributed by atoms with Crippen molar-refractivity contribution < 1.29 is 46.2 Å². The molecule has 0 aromatic carbocycles. The highest BCUT2D eigenvalue weighted by atomic mass is 32.2. The molecule has 1 aromatic heterocycles. The summed E-state index contributed by atoms with van der Waals surface area (Å²) < 4.78 is 58.3. The van der Waals surface area contributed by atoms with E-state index in [4.69, 9.17) is 9.90 Å². The molecule has 0 aliphatic carbocycles. The van der Waals surface area contributed by atoms with Gasteiger partial charge in [0.1, 0.15) is 10.3 Å². The summed E-state index contributed by atoms with van der Waals surface area (Å²) in [5.41, 5.74) is 2.51. The quantitative estimate of drug-likeness (QED) is 0.213. The topological polar surface area (TPSA) is 174 Å². The van der Waals surface area contributed by atoms with Crippen LogP contribution in [0.15, 0.2) is 45.1 Å². The number of alkyl halides is 3. The van der Waals surface area contributed by atoms with Crippen molar-refractivity contribution in [2.24, 2.45) is 0 Å². The van der Waals surface area contributed by atoms with E-state index in [1.807, 2.05) is 0 Å². The Labute approximate surface area is 221 Å². The maximum atomic E-state index is 12.2. The summed E-state index contributed by atoms with van der Waals surface area (Å²) in [5, 5.41) is 27.4. The zero-order valence-corrected chi connectivity index (χ0v) is 21.7. The van der Waals surface area contributed by atoms with Gasteiger partial charge >= 0.3 is 18.1 Å². The molecule has 0 saturated carbocycles. The van der Waals surface area contributed by atoms with Gasteiger partial charge in [0.05, 0.1) is 6.17 Å². The minimum atomic E-state index is -5.08. The number of hydrogen-bond acceptors (Lipinski definition) is 8. The van der Waals surface area contributed by atoms with Crippen molar-refractivity contribution >= 4 is 39.2 Å². The Morgan fingerprint density at radius 1 is 1.18 bits per heavy atom. The standard InChI is InChI=1S/C20H28N4O5S2.C2HF3O2/c25-17(7-2-1-6-15-10-9-14-5-3-11-21-19(14)23-15)22-13-16(20(26)27)24-31(28,29)18-8-4-12-30-18;3-2(4,5)1(6)7/h4,8-10,12,16,19,21,23-24H,1-3,5-7,11,13H2,(H,22,25)(H,26,27);(H,6,7)/t16-,19?;/m0./s1. The molecule has 3 rings (SSSR count). The Kier molecular flexibility index (Phi) is 11.7. The summed E-state index contributed by atoms with van der Waals surface area (Å²) in [7, 11) is -3.94. The number of unbranched alkanes of at least 4 members (excludes halogenated alkanes) is 1. The number of carboxylic acid groups (broad SMARTS) is 2. The van der Waals surface area contributed by atoms with Crippen LogP contribution < -0.4 is 20.7 Å². The lowest BCUT2D eigenvalue weighted by Gasteiger charge is -2.32. The molecule has 212 valence electrons. The zero-order chi connectivity index (χ0) is 28.3. The van der Waals surface area contributed by atoms with Crippen LogP contribution in [-0.2, 0) is 24.4 Å². The van der Waals surface area contributed by atoms with Crippen molar-refractivity contribution in [2.45, 2.75) is 61.1 Å². The number of carbonyl (C=O) groups is 3. The van der Waals surface area contributed by atoms with E-state index in [0.29, 0.717) is 6.42 Å². The minimum absolute atomic E-state index is 0.0288.